The van der Waals surface area contributed by atoms with Crippen LogP contribution in [0.1, 0.15) is 36.3 Å². The minimum atomic E-state index is 0.633. The minimum absolute atomic E-state index is 0.633. The highest BCUT2D eigenvalue weighted by Crippen LogP contribution is 2.20. The quantitative estimate of drug-likeness (QED) is 0.853. The molecule has 0 aromatic carbocycles. The number of hydrogen-bond donors (Lipinski definition) is 0. The lowest BCUT2D eigenvalue weighted by Crippen LogP contribution is -2.39. The van der Waals surface area contributed by atoms with Gasteiger partial charge in [-0.3, -0.25) is 14.3 Å². The summed E-state index contributed by atoms with van der Waals surface area (Å²) in [5.74, 6) is 0.633. The van der Waals surface area contributed by atoms with Gasteiger partial charge in [0, 0.05) is 51.9 Å². The van der Waals surface area contributed by atoms with Crippen molar-refractivity contribution in [3.05, 3.63) is 35.4 Å². The lowest BCUT2D eigenvalue weighted by molar-refractivity contribution is 0.149. The van der Waals surface area contributed by atoms with Gasteiger partial charge in [-0.05, 0) is 45.0 Å². The molecule has 2 aromatic heterocycles. The predicted molar refractivity (Wildman–Crippen MR) is 98.1 cm³/mol. The van der Waals surface area contributed by atoms with Crippen LogP contribution in [0.15, 0.2) is 18.3 Å². The third-order valence-electron chi connectivity index (χ3n) is 5.59. The fraction of sp³-hybridized carbons (Fsp3) is 0.684. The maximum atomic E-state index is 4.58. The van der Waals surface area contributed by atoms with Gasteiger partial charge < -0.3 is 4.90 Å². The van der Waals surface area contributed by atoms with Crippen molar-refractivity contribution in [1.29, 1.82) is 0 Å². The summed E-state index contributed by atoms with van der Waals surface area (Å²) in [6.07, 6.45) is 6.07. The average molecular weight is 342 g/mol. The highest BCUT2D eigenvalue weighted by molar-refractivity contribution is 5.10. The molecule has 25 heavy (non-hydrogen) atoms. The molecule has 1 saturated heterocycles. The molecule has 2 aromatic rings. The van der Waals surface area contributed by atoms with Crippen LogP contribution in [-0.2, 0) is 26.7 Å². The van der Waals surface area contributed by atoms with Gasteiger partial charge in [0.15, 0.2) is 0 Å². The van der Waals surface area contributed by atoms with Crippen molar-refractivity contribution in [3.63, 3.8) is 0 Å². The first-order valence-electron chi connectivity index (χ1n) is 9.62. The minimum Gasteiger partial charge on any atom is -0.303 e. The largest absolute Gasteiger partial charge is 0.303 e. The molecular weight excluding hydrogens is 312 g/mol. The molecule has 6 heteroatoms. The molecule has 1 fully saturated rings. The van der Waals surface area contributed by atoms with Gasteiger partial charge in [-0.2, -0.15) is 10.2 Å². The van der Waals surface area contributed by atoms with E-state index in [-0.39, 0.29) is 0 Å². The van der Waals surface area contributed by atoms with Crippen molar-refractivity contribution in [2.24, 2.45) is 13.0 Å². The molecule has 0 unspecified atom stereocenters. The predicted octanol–water partition coefficient (Wildman–Crippen LogP) is 2.04. The lowest BCUT2D eigenvalue weighted by Gasteiger charge is -2.31. The summed E-state index contributed by atoms with van der Waals surface area (Å²) in [6.45, 7) is 9.90. The molecular formula is C19H30N6. The molecule has 0 N–H and O–H groups in total. The summed E-state index contributed by atoms with van der Waals surface area (Å²) >= 11 is 0. The van der Waals surface area contributed by atoms with E-state index in [1.165, 1.54) is 50.3 Å². The van der Waals surface area contributed by atoms with Crippen molar-refractivity contribution in [3.8, 4) is 0 Å². The van der Waals surface area contributed by atoms with Crippen LogP contribution in [0, 0.1) is 12.8 Å². The molecule has 0 saturated carbocycles. The van der Waals surface area contributed by atoms with Crippen LogP contribution in [-0.4, -0.2) is 55.5 Å². The Labute approximate surface area is 150 Å². The van der Waals surface area contributed by atoms with Gasteiger partial charge in [-0.25, -0.2) is 0 Å². The zero-order chi connectivity index (χ0) is 17.2. The summed E-state index contributed by atoms with van der Waals surface area (Å²) in [7, 11) is 2.05. The van der Waals surface area contributed by atoms with Crippen LogP contribution in [0.5, 0.6) is 0 Å². The summed E-state index contributed by atoms with van der Waals surface area (Å²) < 4.78 is 4.25. The van der Waals surface area contributed by atoms with Crippen LogP contribution in [0.25, 0.3) is 0 Å². The first kappa shape index (κ1) is 16.8. The second-order valence-electron chi connectivity index (χ2n) is 7.80. The first-order valence-corrected chi connectivity index (χ1v) is 9.62. The Balaban J connectivity index is 1.49. The second-order valence-corrected chi connectivity index (χ2v) is 7.80. The summed E-state index contributed by atoms with van der Waals surface area (Å²) in [6, 6.07) is 4.38. The van der Waals surface area contributed by atoms with Gasteiger partial charge in [-0.15, -0.1) is 0 Å². The molecule has 0 spiro atoms. The molecule has 0 bridgehead atoms. The Bertz CT molecular complexity index is 697. The summed E-state index contributed by atoms with van der Waals surface area (Å²) in [5.41, 5.74) is 3.73. The van der Waals surface area contributed by atoms with Crippen LogP contribution in [0.4, 0.5) is 0 Å². The highest BCUT2D eigenvalue weighted by Gasteiger charge is 2.25. The van der Waals surface area contributed by atoms with E-state index in [0.29, 0.717) is 5.92 Å². The second kappa shape index (κ2) is 7.30. The maximum absolute atomic E-state index is 4.58. The Morgan fingerprint density at radius 3 is 2.72 bits per heavy atom. The molecule has 6 nitrogen and oxygen atoms in total. The molecule has 2 aliphatic rings. The van der Waals surface area contributed by atoms with E-state index in [1.807, 2.05) is 10.9 Å². The SMILES string of the molecule is Cc1cc(CN2Cc3ccnn3C[C@H](CN3CCCCC3)C2)n(C)n1. The number of fused-ring (bicyclic) bond motifs is 1. The normalized spacial score (nSPS) is 22.7. The molecule has 0 amide bonds. The monoisotopic (exact) mass is 342 g/mol. The van der Waals surface area contributed by atoms with Crippen molar-refractivity contribution in [2.45, 2.75) is 45.8 Å². The van der Waals surface area contributed by atoms with Crippen LogP contribution in [0.3, 0.4) is 0 Å². The Kier molecular flexibility index (Phi) is 4.90. The molecule has 2 aliphatic heterocycles. The Morgan fingerprint density at radius 1 is 1.12 bits per heavy atom. The number of rotatable bonds is 4. The van der Waals surface area contributed by atoms with E-state index in [1.54, 1.807) is 0 Å². The molecule has 0 radical (unpaired) electrons. The first-order chi connectivity index (χ1) is 12.2. The third-order valence-corrected chi connectivity index (χ3v) is 5.59. The van der Waals surface area contributed by atoms with E-state index >= 15 is 0 Å². The molecule has 0 aliphatic carbocycles. The number of nitrogens with zero attached hydrogens (tertiary/aromatic N) is 6. The van der Waals surface area contributed by atoms with E-state index in [9.17, 15) is 0 Å². The van der Waals surface area contributed by atoms with Gasteiger partial charge in [0.05, 0.1) is 17.1 Å². The molecule has 136 valence electrons. The van der Waals surface area contributed by atoms with Crippen molar-refractivity contribution in [2.75, 3.05) is 26.2 Å². The molecule has 4 heterocycles. The topological polar surface area (TPSA) is 42.1 Å². The highest BCUT2D eigenvalue weighted by atomic mass is 15.3. The van der Waals surface area contributed by atoms with E-state index < -0.39 is 0 Å². The lowest BCUT2D eigenvalue weighted by atomic mass is 10.1. The average Bonchev–Trinajstić information content (AvgIpc) is 3.10. The fourth-order valence-corrected chi connectivity index (χ4v) is 4.40. The van der Waals surface area contributed by atoms with E-state index in [2.05, 4.69) is 50.8 Å². The van der Waals surface area contributed by atoms with Gasteiger partial charge >= 0.3 is 0 Å². The molecule has 4 rings (SSSR count). The smallest absolute Gasteiger partial charge is 0.0597 e. The Morgan fingerprint density at radius 2 is 1.96 bits per heavy atom. The van der Waals surface area contributed by atoms with Crippen molar-refractivity contribution >= 4 is 0 Å². The number of likely N-dealkylation sites (tertiary alicyclic amines) is 1. The van der Waals surface area contributed by atoms with Crippen LogP contribution in [0.2, 0.25) is 0 Å². The van der Waals surface area contributed by atoms with Gasteiger partial charge in [0.2, 0.25) is 0 Å². The standard InChI is InChI=1S/C19H30N6/c1-16-10-19(22(2)21-16)15-24-12-17(11-23-8-4-3-5-9-23)13-25-18(14-24)6-7-20-25/h6-7,10,17H,3-5,8-9,11-15H2,1-2H3/t17-/m1/s1. The van der Waals surface area contributed by atoms with Crippen molar-refractivity contribution in [1.82, 2.24) is 29.4 Å². The summed E-state index contributed by atoms with van der Waals surface area (Å²) in [5, 5.41) is 9.09. The Hall–Kier alpha value is -1.66. The van der Waals surface area contributed by atoms with Crippen molar-refractivity contribution < 1.29 is 0 Å². The molecule has 1 atom stereocenters. The van der Waals surface area contributed by atoms with Crippen LogP contribution >= 0.6 is 0 Å². The fourth-order valence-electron chi connectivity index (χ4n) is 4.40. The van der Waals surface area contributed by atoms with Gasteiger partial charge in [-0.1, -0.05) is 6.42 Å². The van der Waals surface area contributed by atoms with Gasteiger partial charge in [0.1, 0.15) is 0 Å². The summed E-state index contributed by atoms with van der Waals surface area (Å²) in [4.78, 5) is 5.24. The number of hydrogen-bond acceptors (Lipinski definition) is 4. The van der Waals surface area contributed by atoms with Gasteiger partial charge in [0.25, 0.3) is 0 Å². The van der Waals surface area contributed by atoms with E-state index in [4.69, 9.17) is 0 Å². The zero-order valence-electron chi connectivity index (χ0n) is 15.6. The van der Waals surface area contributed by atoms with E-state index in [0.717, 1.165) is 31.9 Å². The number of piperidine rings is 1. The number of aryl methyl sites for hydroxylation is 2. The maximum Gasteiger partial charge on any atom is 0.0597 e. The number of aromatic nitrogens is 4. The van der Waals surface area contributed by atoms with Crippen LogP contribution < -0.4 is 0 Å². The zero-order valence-corrected chi connectivity index (χ0v) is 15.6. The third kappa shape index (κ3) is 3.96.